The number of benzene rings is 1. The van der Waals surface area contributed by atoms with Crippen LogP contribution in [0.4, 0.5) is 10.5 Å². The third-order valence-electron chi connectivity index (χ3n) is 2.80. The number of imidazole rings is 1. The van der Waals surface area contributed by atoms with E-state index >= 15 is 0 Å². The molecule has 1 heterocycles. The highest BCUT2D eigenvalue weighted by Gasteiger charge is 2.20. The zero-order chi connectivity index (χ0) is 14.2. The SMILES string of the molecule is CCc1c(N)ccc2c1ncn2C(=O)OC(C)(C)C. The van der Waals surface area contributed by atoms with E-state index in [-0.39, 0.29) is 0 Å². The van der Waals surface area contributed by atoms with Gasteiger partial charge in [-0.15, -0.1) is 0 Å². The summed E-state index contributed by atoms with van der Waals surface area (Å²) >= 11 is 0. The molecule has 0 saturated heterocycles. The van der Waals surface area contributed by atoms with Crippen LogP contribution >= 0.6 is 0 Å². The Morgan fingerprint density at radius 1 is 1.42 bits per heavy atom. The van der Waals surface area contributed by atoms with E-state index < -0.39 is 11.7 Å². The van der Waals surface area contributed by atoms with Crippen molar-refractivity contribution in [2.75, 3.05) is 5.73 Å². The first kappa shape index (κ1) is 13.4. The van der Waals surface area contributed by atoms with Gasteiger partial charge in [0.2, 0.25) is 0 Å². The van der Waals surface area contributed by atoms with Crippen LogP contribution in [0, 0.1) is 0 Å². The molecule has 1 aromatic heterocycles. The van der Waals surface area contributed by atoms with Crippen LogP contribution in [0.1, 0.15) is 33.3 Å². The fraction of sp³-hybridized carbons (Fsp3) is 0.429. The summed E-state index contributed by atoms with van der Waals surface area (Å²) in [7, 11) is 0. The van der Waals surface area contributed by atoms with Gasteiger partial charge in [-0.2, -0.15) is 0 Å². The van der Waals surface area contributed by atoms with Crippen LogP contribution in [-0.2, 0) is 11.2 Å². The van der Waals surface area contributed by atoms with Gasteiger partial charge in [0.25, 0.3) is 0 Å². The Balaban J connectivity index is 2.50. The van der Waals surface area contributed by atoms with Crippen molar-refractivity contribution in [1.29, 1.82) is 0 Å². The first-order valence-corrected chi connectivity index (χ1v) is 6.31. The molecule has 2 rings (SSSR count). The Kier molecular flexibility index (Phi) is 3.22. The van der Waals surface area contributed by atoms with E-state index in [1.165, 1.54) is 10.9 Å². The van der Waals surface area contributed by atoms with E-state index in [9.17, 15) is 4.79 Å². The molecular weight excluding hydrogens is 242 g/mol. The lowest BCUT2D eigenvalue weighted by atomic mass is 10.1. The molecule has 0 aliphatic heterocycles. The van der Waals surface area contributed by atoms with Crippen molar-refractivity contribution >= 4 is 22.8 Å². The highest BCUT2D eigenvalue weighted by molar-refractivity contribution is 5.90. The van der Waals surface area contributed by atoms with Gasteiger partial charge in [-0.1, -0.05) is 6.92 Å². The van der Waals surface area contributed by atoms with Gasteiger partial charge in [-0.3, -0.25) is 0 Å². The number of nitrogen functional groups attached to an aromatic ring is 1. The molecule has 0 fully saturated rings. The maximum atomic E-state index is 12.1. The van der Waals surface area contributed by atoms with Gasteiger partial charge in [-0.25, -0.2) is 14.3 Å². The lowest BCUT2D eigenvalue weighted by Gasteiger charge is -2.19. The van der Waals surface area contributed by atoms with Crippen molar-refractivity contribution in [3.05, 3.63) is 24.0 Å². The lowest BCUT2D eigenvalue weighted by molar-refractivity contribution is 0.0543. The fourth-order valence-corrected chi connectivity index (χ4v) is 1.98. The highest BCUT2D eigenvalue weighted by Crippen LogP contribution is 2.24. The second kappa shape index (κ2) is 4.57. The Morgan fingerprint density at radius 2 is 2.11 bits per heavy atom. The van der Waals surface area contributed by atoms with Crippen molar-refractivity contribution in [2.24, 2.45) is 0 Å². The first-order chi connectivity index (χ1) is 8.83. The number of nitrogens with zero attached hydrogens (tertiary/aromatic N) is 2. The average Bonchev–Trinajstić information content (AvgIpc) is 2.70. The van der Waals surface area contributed by atoms with Crippen molar-refractivity contribution < 1.29 is 9.53 Å². The quantitative estimate of drug-likeness (QED) is 0.801. The van der Waals surface area contributed by atoms with Crippen molar-refractivity contribution in [1.82, 2.24) is 9.55 Å². The number of fused-ring (bicyclic) bond motifs is 1. The lowest BCUT2D eigenvalue weighted by Crippen LogP contribution is -2.26. The molecule has 0 aliphatic rings. The molecule has 0 bridgehead atoms. The first-order valence-electron chi connectivity index (χ1n) is 6.31. The van der Waals surface area contributed by atoms with Crippen LogP contribution in [0.25, 0.3) is 11.0 Å². The summed E-state index contributed by atoms with van der Waals surface area (Å²) in [6.07, 6.45) is 1.83. The summed E-state index contributed by atoms with van der Waals surface area (Å²) in [5.41, 5.74) is 8.52. The fourth-order valence-electron chi connectivity index (χ4n) is 1.98. The summed E-state index contributed by atoms with van der Waals surface area (Å²) < 4.78 is 6.76. The van der Waals surface area contributed by atoms with Crippen molar-refractivity contribution in [3.63, 3.8) is 0 Å². The molecule has 2 N–H and O–H groups in total. The Labute approximate surface area is 112 Å². The molecule has 19 heavy (non-hydrogen) atoms. The Morgan fingerprint density at radius 3 is 2.68 bits per heavy atom. The van der Waals surface area contributed by atoms with E-state index in [0.717, 1.165) is 23.0 Å². The van der Waals surface area contributed by atoms with Gasteiger partial charge in [0.15, 0.2) is 0 Å². The maximum absolute atomic E-state index is 12.1. The minimum atomic E-state index is -0.533. The van der Waals surface area contributed by atoms with Crippen LogP contribution in [0.15, 0.2) is 18.5 Å². The van der Waals surface area contributed by atoms with Gasteiger partial charge in [-0.05, 0) is 39.3 Å². The molecule has 0 saturated carbocycles. The van der Waals surface area contributed by atoms with Crippen molar-refractivity contribution in [3.8, 4) is 0 Å². The summed E-state index contributed by atoms with van der Waals surface area (Å²) in [6, 6.07) is 3.59. The highest BCUT2D eigenvalue weighted by atomic mass is 16.6. The number of carbonyl (C=O) groups excluding carboxylic acids is 1. The smallest absolute Gasteiger partial charge is 0.420 e. The van der Waals surface area contributed by atoms with E-state index in [4.69, 9.17) is 10.5 Å². The van der Waals surface area contributed by atoms with E-state index in [1.54, 1.807) is 12.1 Å². The van der Waals surface area contributed by atoms with Gasteiger partial charge >= 0.3 is 6.09 Å². The number of rotatable bonds is 1. The molecule has 0 spiro atoms. The summed E-state index contributed by atoms with van der Waals surface area (Å²) in [4.78, 5) is 16.4. The number of aromatic nitrogens is 2. The van der Waals surface area contributed by atoms with Gasteiger partial charge < -0.3 is 10.5 Å². The van der Waals surface area contributed by atoms with E-state index in [1.807, 2.05) is 27.7 Å². The van der Waals surface area contributed by atoms with Gasteiger partial charge in [0, 0.05) is 11.3 Å². The van der Waals surface area contributed by atoms with E-state index in [0.29, 0.717) is 5.69 Å². The molecule has 102 valence electrons. The van der Waals surface area contributed by atoms with Crippen LogP contribution in [0.5, 0.6) is 0 Å². The molecule has 0 radical (unpaired) electrons. The largest absolute Gasteiger partial charge is 0.443 e. The zero-order valence-corrected chi connectivity index (χ0v) is 11.7. The monoisotopic (exact) mass is 261 g/mol. The Hall–Kier alpha value is -2.04. The standard InChI is InChI=1S/C14H19N3O2/c1-5-9-10(15)6-7-11-12(9)16-8-17(11)13(18)19-14(2,3)4/h6-8H,5,15H2,1-4H3. The average molecular weight is 261 g/mol. The van der Waals surface area contributed by atoms with Crippen LogP contribution in [-0.4, -0.2) is 21.2 Å². The predicted molar refractivity (Wildman–Crippen MR) is 75.2 cm³/mol. The van der Waals surface area contributed by atoms with Crippen molar-refractivity contribution in [2.45, 2.75) is 39.7 Å². The zero-order valence-electron chi connectivity index (χ0n) is 11.7. The molecule has 1 aromatic carbocycles. The van der Waals surface area contributed by atoms with Gasteiger partial charge in [0.1, 0.15) is 11.9 Å². The summed E-state index contributed by atoms with van der Waals surface area (Å²) in [5, 5.41) is 0. The third kappa shape index (κ3) is 2.54. The van der Waals surface area contributed by atoms with Gasteiger partial charge in [0.05, 0.1) is 11.0 Å². The summed E-state index contributed by atoms with van der Waals surface area (Å²) in [6.45, 7) is 7.51. The van der Waals surface area contributed by atoms with E-state index in [2.05, 4.69) is 4.98 Å². The number of nitrogens with two attached hydrogens (primary N) is 1. The van der Waals surface area contributed by atoms with Crippen LogP contribution < -0.4 is 5.73 Å². The third-order valence-corrected chi connectivity index (χ3v) is 2.80. The number of aryl methyl sites for hydroxylation is 1. The topological polar surface area (TPSA) is 70.1 Å². The minimum Gasteiger partial charge on any atom is -0.443 e. The van der Waals surface area contributed by atoms with Crippen LogP contribution in [0.3, 0.4) is 0 Å². The molecular formula is C14H19N3O2. The number of anilines is 1. The number of carbonyl (C=O) groups is 1. The molecule has 0 aliphatic carbocycles. The molecule has 5 heteroatoms. The molecule has 5 nitrogen and oxygen atoms in total. The summed E-state index contributed by atoms with van der Waals surface area (Å²) in [5.74, 6) is 0. The second-order valence-electron chi connectivity index (χ2n) is 5.45. The maximum Gasteiger partial charge on any atom is 0.420 e. The molecule has 0 amide bonds. The Bertz CT molecular complexity index is 623. The number of hydrogen-bond donors (Lipinski definition) is 1. The number of hydrogen-bond acceptors (Lipinski definition) is 4. The van der Waals surface area contributed by atoms with Crippen LogP contribution in [0.2, 0.25) is 0 Å². The normalized spacial score (nSPS) is 11.8. The minimum absolute atomic E-state index is 0.429. The molecule has 0 unspecified atom stereocenters. The molecule has 2 aromatic rings. The predicted octanol–water partition coefficient (Wildman–Crippen LogP) is 2.96. The molecule has 0 atom stereocenters. The second-order valence-corrected chi connectivity index (χ2v) is 5.45. The number of ether oxygens (including phenoxy) is 1.